The Kier molecular flexibility index (Phi) is 8.14. The molecule has 1 amide bonds. The first-order valence-electron chi connectivity index (χ1n) is 9.84. The summed E-state index contributed by atoms with van der Waals surface area (Å²) in [6.07, 6.45) is 0.428. The summed E-state index contributed by atoms with van der Waals surface area (Å²) < 4.78 is 42.6. The van der Waals surface area contributed by atoms with E-state index in [-0.39, 0.29) is 36.0 Å². The third kappa shape index (κ3) is 6.80. The Morgan fingerprint density at radius 1 is 0.812 bits per heavy atom. The average molecular weight is 441 g/mol. The highest BCUT2D eigenvalue weighted by molar-refractivity contribution is 5.94. The molecule has 6 nitrogen and oxygen atoms in total. The van der Waals surface area contributed by atoms with Gasteiger partial charge in [-0.2, -0.15) is 0 Å². The number of hydrogen-bond donors (Lipinski definition) is 1. The lowest BCUT2D eigenvalue weighted by Gasteiger charge is -2.12. The van der Waals surface area contributed by atoms with E-state index in [9.17, 15) is 18.4 Å². The minimum atomic E-state index is -0.614. The summed E-state index contributed by atoms with van der Waals surface area (Å²) >= 11 is 0. The quantitative estimate of drug-likeness (QED) is 0.368. The minimum absolute atomic E-state index is 0.0386. The molecule has 1 N–H and O–H groups in total. The SMILES string of the molecule is O=C(COc1ccccc1C(=O)OCCCOc1ccc(F)cc1)Nc1ccccc1F. The van der Waals surface area contributed by atoms with E-state index in [0.717, 1.165) is 0 Å². The van der Waals surface area contributed by atoms with Gasteiger partial charge >= 0.3 is 5.97 Å². The van der Waals surface area contributed by atoms with Crippen LogP contribution in [0.1, 0.15) is 16.8 Å². The van der Waals surface area contributed by atoms with E-state index in [2.05, 4.69) is 5.32 Å². The van der Waals surface area contributed by atoms with Crippen LogP contribution in [0.15, 0.2) is 72.8 Å². The van der Waals surface area contributed by atoms with Gasteiger partial charge in [0, 0.05) is 6.42 Å². The van der Waals surface area contributed by atoms with Crippen LogP contribution in [0.25, 0.3) is 0 Å². The van der Waals surface area contributed by atoms with Crippen LogP contribution in [0.5, 0.6) is 11.5 Å². The molecule has 166 valence electrons. The van der Waals surface area contributed by atoms with E-state index < -0.39 is 24.3 Å². The van der Waals surface area contributed by atoms with Gasteiger partial charge in [0.25, 0.3) is 5.91 Å². The lowest BCUT2D eigenvalue weighted by atomic mass is 10.2. The van der Waals surface area contributed by atoms with Crippen LogP contribution >= 0.6 is 0 Å². The summed E-state index contributed by atoms with van der Waals surface area (Å²) in [4.78, 5) is 24.4. The second-order valence-corrected chi connectivity index (χ2v) is 6.60. The zero-order valence-electron chi connectivity index (χ0n) is 17.1. The first-order chi connectivity index (χ1) is 15.5. The summed E-state index contributed by atoms with van der Waals surface area (Å²) in [6.45, 7) is -0.0282. The number of nitrogens with one attached hydrogen (secondary N) is 1. The molecule has 8 heteroatoms. The standard InChI is InChI=1S/C24H21F2NO5/c25-17-10-12-18(13-11-17)30-14-5-15-31-24(29)19-6-1-4-9-22(19)32-16-23(28)27-21-8-3-2-7-20(21)26/h1-4,6-13H,5,14-16H2,(H,27,28). The highest BCUT2D eigenvalue weighted by Crippen LogP contribution is 2.20. The van der Waals surface area contributed by atoms with Crippen LogP contribution in [0.2, 0.25) is 0 Å². The number of ether oxygens (including phenoxy) is 3. The molecule has 0 radical (unpaired) electrons. The number of halogens is 2. The molecule has 0 aromatic heterocycles. The maximum absolute atomic E-state index is 13.6. The molecule has 0 saturated heterocycles. The van der Waals surface area contributed by atoms with Gasteiger partial charge in [0.05, 0.1) is 18.9 Å². The Morgan fingerprint density at radius 2 is 1.53 bits per heavy atom. The third-order valence-corrected chi connectivity index (χ3v) is 4.22. The van der Waals surface area contributed by atoms with Crippen LogP contribution < -0.4 is 14.8 Å². The van der Waals surface area contributed by atoms with Crippen LogP contribution in [0.4, 0.5) is 14.5 Å². The van der Waals surface area contributed by atoms with E-state index in [1.54, 1.807) is 18.2 Å². The molecular formula is C24H21F2NO5. The normalized spacial score (nSPS) is 10.3. The smallest absolute Gasteiger partial charge is 0.341 e. The second kappa shape index (κ2) is 11.5. The first kappa shape index (κ1) is 22.7. The van der Waals surface area contributed by atoms with Gasteiger partial charge in [-0.3, -0.25) is 4.79 Å². The molecule has 0 bridgehead atoms. The highest BCUT2D eigenvalue weighted by atomic mass is 19.1. The average Bonchev–Trinajstić information content (AvgIpc) is 2.80. The van der Waals surface area contributed by atoms with Crippen molar-refractivity contribution in [2.75, 3.05) is 25.1 Å². The predicted octanol–water partition coefficient (Wildman–Crippen LogP) is 4.61. The summed E-state index contributed by atoms with van der Waals surface area (Å²) in [5.41, 5.74) is 0.197. The van der Waals surface area contributed by atoms with Crippen LogP contribution in [0, 0.1) is 11.6 Å². The van der Waals surface area contributed by atoms with E-state index >= 15 is 0 Å². The number of esters is 1. The molecule has 0 saturated carbocycles. The van der Waals surface area contributed by atoms with Crippen molar-refractivity contribution in [1.29, 1.82) is 0 Å². The molecule has 32 heavy (non-hydrogen) atoms. The fraction of sp³-hybridized carbons (Fsp3) is 0.167. The van der Waals surface area contributed by atoms with E-state index in [1.165, 1.54) is 54.6 Å². The molecular weight excluding hydrogens is 420 g/mol. The number of carbonyl (C=O) groups excluding carboxylic acids is 2. The lowest BCUT2D eigenvalue weighted by Crippen LogP contribution is -2.21. The molecule has 0 atom stereocenters. The Labute approximate surface area is 183 Å². The molecule has 0 unspecified atom stereocenters. The maximum atomic E-state index is 13.6. The maximum Gasteiger partial charge on any atom is 0.341 e. The van der Waals surface area contributed by atoms with Crippen molar-refractivity contribution in [1.82, 2.24) is 0 Å². The number of benzene rings is 3. The van der Waals surface area contributed by atoms with Crippen LogP contribution in [-0.2, 0) is 9.53 Å². The van der Waals surface area contributed by atoms with Gasteiger partial charge in [0.2, 0.25) is 0 Å². The molecule has 0 heterocycles. The van der Waals surface area contributed by atoms with E-state index in [1.807, 2.05) is 0 Å². The Hall–Kier alpha value is -3.94. The number of para-hydroxylation sites is 2. The molecule has 3 aromatic rings. The largest absolute Gasteiger partial charge is 0.493 e. The zero-order valence-corrected chi connectivity index (χ0v) is 17.1. The Balaban J connectivity index is 1.45. The van der Waals surface area contributed by atoms with Gasteiger partial charge in [-0.05, 0) is 48.5 Å². The van der Waals surface area contributed by atoms with Gasteiger partial charge in [-0.15, -0.1) is 0 Å². The first-order valence-corrected chi connectivity index (χ1v) is 9.84. The van der Waals surface area contributed by atoms with E-state index in [0.29, 0.717) is 12.2 Å². The highest BCUT2D eigenvalue weighted by Gasteiger charge is 2.15. The van der Waals surface area contributed by atoms with Crippen LogP contribution in [0.3, 0.4) is 0 Å². The van der Waals surface area contributed by atoms with Crippen molar-refractivity contribution in [3.8, 4) is 11.5 Å². The van der Waals surface area contributed by atoms with Gasteiger partial charge in [0.1, 0.15) is 28.7 Å². The van der Waals surface area contributed by atoms with Gasteiger partial charge in [-0.1, -0.05) is 24.3 Å². The number of anilines is 1. The Bertz CT molecular complexity index is 1060. The second-order valence-electron chi connectivity index (χ2n) is 6.60. The van der Waals surface area contributed by atoms with Crippen molar-refractivity contribution >= 4 is 17.6 Å². The van der Waals surface area contributed by atoms with Gasteiger partial charge < -0.3 is 19.5 Å². The Morgan fingerprint density at radius 3 is 2.31 bits per heavy atom. The van der Waals surface area contributed by atoms with Crippen molar-refractivity contribution < 1.29 is 32.6 Å². The van der Waals surface area contributed by atoms with Crippen molar-refractivity contribution in [2.24, 2.45) is 0 Å². The predicted molar refractivity (Wildman–Crippen MR) is 114 cm³/mol. The van der Waals surface area contributed by atoms with Crippen molar-refractivity contribution in [3.63, 3.8) is 0 Å². The zero-order chi connectivity index (χ0) is 22.8. The topological polar surface area (TPSA) is 73.9 Å². The fourth-order valence-electron chi connectivity index (χ4n) is 2.68. The monoisotopic (exact) mass is 441 g/mol. The van der Waals surface area contributed by atoms with Crippen LogP contribution in [-0.4, -0.2) is 31.7 Å². The number of rotatable bonds is 10. The van der Waals surface area contributed by atoms with Crippen molar-refractivity contribution in [2.45, 2.75) is 6.42 Å². The molecule has 3 rings (SSSR count). The fourth-order valence-corrected chi connectivity index (χ4v) is 2.68. The van der Waals surface area contributed by atoms with Crippen molar-refractivity contribution in [3.05, 3.63) is 90.0 Å². The molecule has 0 aliphatic heterocycles. The summed E-state index contributed by atoms with van der Waals surface area (Å²) in [5.74, 6) is -1.41. The molecule has 0 fully saturated rings. The summed E-state index contributed by atoms with van der Waals surface area (Å²) in [6, 6.07) is 17.7. The summed E-state index contributed by atoms with van der Waals surface area (Å²) in [7, 11) is 0. The summed E-state index contributed by atoms with van der Waals surface area (Å²) in [5, 5.41) is 2.40. The van der Waals surface area contributed by atoms with Gasteiger partial charge in [-0.25, -0.2) is 13.6 Å². The number of amides is 1. The van der Waals surface area contributed by atoms with E-state index in [4.69, 9.17) is 14.2 Å². The molecule has 3 aromatic carbocycles. The third-order valence-electron chi connectivity index (χ3n) is 4.22. The van der Waals surface area contributed by atoms with Gasteiger partial charge in [0.15, 0.2) is 6.61 Å². The molecule has 0 aliphatic carbocycles. The molecule has 0 spiro atoms. The minimum Gasteiger partial charge on any atom is -0.493 e. The number of carbonyl (C=O) groups is 2. The molecule has 0 aliphatic rings. The lowest BCUT2D eigenvalue weighted by molar-refractivity contribution is -0.118. The number of hydrogen-bond acceptors (Lipinski definition) is 5.